The predicted molar refractivity (Wildman–Crippen MR) is 73.6 cm³/mol. The molecule has 4 heteroatoms. The second kappa shape index (κ2) is 6.53. The Kier molecular flexibility index (Phi) is 5.60. The molecular formula is C14H28N2O2. The van der Waals surface area contributed by atoms with Crippen LogP contribution in [0.5, 0.6) is 0 Å². The van der Waals surface area contributed by atoms with Gasteiger partial charge in [-0.1, -0.05) is 6.92 Å². The molecule has 1 unspecified atom stereocenters. The van der Waals surface area contributed by atoms with Gasteiger partial charge >= 0.3 is 0 Å². The third-order valence-corrected chi connectivity index (χ3v) is 4.08. The molecule has 1 saturated heterocycles. The molecule has 0 bridgehead atoms. The van der Waals surface area contributed by atoms with Gasteiger partial charge in [0.05, 0.1) is 12.1 Å². The van der Waals surface area contributed by atoms with Gasteiger partial charge in [0.15, 0.2) is 0 Å². The van der Waals surface area contributed by atoms with Crippen LogP contribution in [0.1, 0.15) is 47.0 Å². The van der Waals surface area contributed by atoms with Crippen molar-refractivity contribution in [3.63, 3.8) is 0 Å². The lowest BCUT2D eigenvalue weighted by molar-refractivity contribution is -0.128. The summed E-state index contributed by atoms with van der Waals surface area (Å²) in [6.45, 7) is 10.1. The largest absolute Gasteiger partial charge is 0.381 e. The SMILES string of the molecule is CCC(C)(C)NC(=O)C(C)N1CCC(OC)CC1. The highest BCUT2D eigenvalue weighted by Gasteiger charge is 2.28. The Morgan fingerprint density at radius 3 is 2.44 bits per heavy atom. The van der Waals surface area contributed by atoms with Crippen molar-refractivity contribution in [3.8, 4) is 0 Å². The highest BCUT2D eigenvalue weighted by Crippen LogP contribution is 2.16. The molecule has 0 aromatic heterocycles. The smallest absolute Gasteiger partial charge is 0.237 e. The van der Waals surface area contributed by atoms with Gasteiger partial charge in [0, 0.05) is 25.7 Å². The van der Waals surface area contributed by atoms with E-state index >= 15 is 0 Å². The maximum Gasteiger partial charge on any atom is 0.237 e. The molecule has 18 heavy (non-hydrogen) atoms. The number of hydrogen-bond acceptors (Lipinski definition) is 3. The molecular weight excluding hydrogens is 228 g/mol. The lowest BCUT2D eigenvalue weighted by Gasteiger charge is -2.36. The van der Waals surface area contributed by atoms with Crippen LogP contribution in [0, 0.1) is 0 Å². The van der Waals surface area contributed by atoms with E-state index in [-0.39, 0.29) is 17.5 Å². The Balaban J connectivity index is 2.45. The Bertz CT molecular complexity index is 271. The molecule has 1 N–H and O–H groups in total. The Morgan fingerprint density at radius 2 is 2.00 bits per heavy atom. The van der Waals surface area contributed by atoms with E-state index in [4.69, 9.17) is 4.74 Å². The first-order valence-electron chi connectivity index (χ1n) is 6.98. The molecule has 4 nitrogen and oxygen atoms in total. The number of nitrogens with one attached hydrogen (secondary N) is 1. The van der Waals surface area contributed by atoms with Gasteiger partial charge in [0.2, 0.25) is 5.91 Å². The van der Waals surface area contributed by atoms with Crippen molar-refractivity contribution in [2.75, 3.05) is 20.2 Å². The predicted octanol–water partition coefficient (Wildman–Crippen LogP) is 1.79. The minimum atomic E-state index is -0.115. The third-order valence-electron chi connectivity index (χ3n) is 4.08. The van der Waals surface area contributed by atoms with Gasteiger partial charge < -0.3 is 10.1 Å². The number of methoxy groups -OCH3 is 1. The summed E-state index contributed by atoms with van der Waals surface area (Å²) in [4.78, 5) is 14.4. The molecule has 0 aromatic carbocycles. The Labute approximate surface area is 111 Å². The lowest BCUT2D eigenvalue weighted by atomic mass is 10.0. The molecule has 1 heterocycles. The van der Waals surface area contributed by atoms with Gasteiger partial charge in [-0.3, -0.25) is 9.69 Å². The number of amides is 1. The highest BCUT2D eigenvalue weighted by molar-refractivity contribution is 5.82. The minimum absolute atomic E-state index is 0.0476. The van der Waals surface area contributed by atoms with E-state index in [0.717, 1.165) is 32.4 Å². The number of nitrogens with zero attached hydrogens (tertiary/aromatic N) is 1. The van der Waals surface area contributed by atoms with E-state index in [1.165, 1.54) is 0 Å². The van der Waals surface area contributed by atoms with Crippen molar-refractivity contribution in [2.45, 2.75) is 64.6 Å². The van der Waals surface area contributed by atoms with Crippen LogP contribution in [-0.2, 0) is 9.53 Å². The number of hydrogen-bond donors (Lipinski definition) is 1. The van der Waals surface area contributed by atoms with Crippen molar-refractivity contribution in [1.82, 2.24) is 10.2 Å². The molecule has 1 rings (SSSR count). The first kappa shape index (κ1) is 15.4. The van der Waals surface area contributed by atoms with Crippen LogP contribution in [0.15, 0.2) is 0 Å². The van der Waals surface area contributed by atoms with E-state index < -0.39 is 0 Å². The maximum atomic E-state index is 12.2. The van der Waals surface area contributed by atoms with Crippen LogP contribution in [0.2, 0.25) is 0 Å². The summed E-state index contributed by atoms with van der Waals surface area (Å²) in [5.41, 5.74) is -0.115. The summed E-state index contributed by atoms with van der Waals surface area (Å²) in [7, 11) is 1.76. The number of piperidine rings is 1. The fraction of sp³-hybridized carbons (Fsp3) is 0.929. The van der Waals surface area contributed by atoms with Crippen LogP contribution < -0.4 is 5.32 Å². The monoisotopic (exact) mass is 256 g/mol. The molecule has 1 fully saturated rings. The summed E-state index contributed by atoms with van der Waals surface area (Å²) < 4.78 is 5.35. The molecule has 1 aliphatic heterocycles. The zero-order valence-corrected chi connectivity index (χ0v) is 12.5. The van der Waals surface area contributed by atoms with E-state index in [1.54, 1.807) is 7.11 Å². The summed E-state index contributed by atoms with van der Waals surface area (Å²) in [6, 6.07) is -0.0476. The summed E-state index contributed by atoms with van der Waals surface area (Å²) in [5, 5.41) is 3.12. The minimum Gasteiger partial charge on any atom is -0.381 e. The van der Waals surface area contributed by atoms with Crippen LogP contribution in [0.25, 0.3) is 0 Å². The van der Waals surface area contributed by atoms with E-state index in [0.29, 0.717) is 6.10 Å². The highest BCUT2D eigenvalue weighted by atomic mass is 16.5. The van der Waals surface area contributed by atoms with E-state index in [9.17, 15) is 4.79 Å². The van der Waals surface area contributed by atoms with Gasteiger partial charge in [-0.25, -0.2) is 0 Å². The average Bonchev–Trinajstić information content (AvgIpc) is 2.37. The fourth-order valence-electron chi connectivity index (χ4n) is 2.19. The molecule has 0 saturated carbocycles. The standard InChI is InChI=1S/C14H28N2O2/c1-6-14(3,4)15-13(17)11(2)16-9-7-12(18-5)8-10-16/h11-12H,6-10H2,1-5H3,(H,15,17). The molecule has 106 valence electrons. The van der Waals surface area contributed by atoms with Crippen LogP contribution in [-0.4, -0.2) is 48.7 Å². The molecule has 0 radical (unpaired) electrons. The van der Waals surface area contributed by atoms with Crippen LogP contribution in [0.4, 0.5) is 0 Å². The number of carbonyl (C=O) groups is 1. The normalized spacial score (nSPS) is 20.7. The summed E-state index contributed by atoms with van der Waals surface area (Å²) in [6.07, 6.45) is 3.34. The fourth-order valence-corrected chi connectivity index (χ4v) is 2.19. The van der Waals surface area contributed by atoms with Crippen LogP contribution in [0.3, 0.4) is 0 Å². The van der Waals surface area contributed by atoms with Crippen LogP contribution >= 0.6 is 0 Å². The maximum absolute atomic E-state index is 12.2. The second-order valence-corrected chi connectivity index (χ2v) is 5.87. The average molecular weight is 256 g/mol. The second-order valence-electron chi connectivity index (χ2n) is 5.87. The van der Waals surface area contributed by atoms with Crippen molar-refractivity contribution in [1.29, 1.82) is 0 Å². The van der Waals surface area contributed by atoms with Crippen molar-refractivity contribution in [2.24, 2.45) is 0 Å². The van der Waals surface area contributed by atoms with Gasteiger partial charge in [0.1, 0.15) is 0 Å². The van der Waals surface area contributed by atoms with Gasteiger partial charge in [-0.15, -0.1) is 0 Å². The molecule has 1 amide bonds. The molecule has 0 spiro atoms. The molecule has 0 aliphatic carbocycles. The summed E-state index contributed by atoms with van der Waals surface area (Å²) >= 11 is 0. The quantitative estimate of drug-likeness (QED) is 0.815. The Hall–Kier alpha value is -0.610. The topological polar surface area (TPSA) is 41.6 Å². The third kappa shape index (κ3) is 4.25. The number of likely N-dealkylation sites (tertiary alicyclic amines) is 1. The lowest BCUT2D eigenvalue weighted by Crippen LogP contribution is -2.53. The van der Waals surface area contributed by atoms with Crippen molar-refractivity contribution < 1.29 is 9.53 Å². The first-order valence-corrected chi connectivity index (χ1v) is 6.98. The zero-order chi connectivity index (χ0) is 13.8. The zero-order valence-electron chi connectivity index (χ0n) is 12.5. The van der Waals surface area contributed by atoms with Crippen molar-refractivity contribution >= 4 is 5.91 Å². The Morgan fingerprint density at radius 1 is 1.44 bits per heavy atom. The van der Waals surface area contributed by atoms with Gasteiger partial charge in [0.25, 0.3) is 0 Å². The van der Waals surface area contributed by atoms with Gasteiger partial charge in [-0.05, 0) is 40.0 Å². The van der Waals surface area contributed by atoms with Gasteiger partial charge in [-0.2, -0.15) is 0 Å². The summed E-state index contributed by atoms with van der Waals surface area (Å²) in [5.74, 6) is 0.137. The van der Waals surface area contributed by atoms with Crippen molar-refractivity contribution in [3.05, 3.63) is 0 Å². The first-order chi connectivity index (χ1) is 8.39. The van der Waals surface area contributed by atoms with E-state index in [1.807, 2.05) is 6.92 Å². The molecule has 1 aliphatic rings. The number of ether oxygens (including phenoxy) is 1. The molecule has 0 aromatic rings. The van der Waals surface area contributed by atoms with E-state index in [2.05, 4.69) is 31.0 Å². The number of carbonyl (C=O) groups excluding carboxylic acids is 1. The molecule has 1 atom stereocenters. The number of rotatable bonds is 5.